The van der Waals surface area contributed by atoms with Gasteiger partial charge in [-0.05, 0) is 55.4 Å². The Morgan fingerprint density at radius 2 is 1.69 bits per heavy atom. The minimum Gasteiger partial charge on any atom is -0.480 e. The lowest BCUT2D eigenvalue weighted by molar-refractivity contribution is -0.151. The van der Waals surface area contributed by atoms with E-state index in [4.69, 9.17) is 14.0 Å². The van der Waals surface area contributed by atoms with Crippen molar-refractivity contribution in [3.8, 4) is 0 Å². The predicted molar refractivity (Wildman–Crippen MR) is 132 cm³/mol. The summed E-state index contributed by atoms with van der Waals surface area (Å²) in [6.45, 7) is 14.9. The maximum Gasteiger partial charge on any atom is 0.498 e. The third-order valence-corrected chi connectivity index (χ3v) is 6.52. The second-order valence-electron chi connectivity index (χ2n) is 11.1. The molecular formula is C23H36BN5O7. The number of nitrogens with one attached hydrogen (secondary N) is 1. The average molecular weight is 505 g/mol. The molecule has 0 saturated carbocycles. The molecule has 2 saturated heterocycles. The number of hydrogen-bond donors (Lipinski definition) is 2. The van der Waals surface area contributed by atoms with Gasteiger partial charge in [-0.3, -0.25) is 4.79 Å². The van der Waals surface area contributed by atoms with Crippen LogP contribution in [0.15, 0.2) is 12.4 Å². The van der Waals surface area contributed by atoms with Crippen molar-refractivity contribution in [2.45, 2.75) is 84.3 Å². The third-order valence-electron chi connectivity index (χ3n) is 6.52. The molecule has 2 aliphatic heterocycles. The SMILES string of the molecule is C[C@H](NC(=O)OC(C)(C)C)C(=O)N1CCN(c2ncc(B3OC(C)(C)C(C)(C)O3)cn2)C[C@@H]1C(=O)O. The van der Waals surface area contributed by atoms with Crippen molar-refractivity contribution in [3.63, 3.8) is 0 Å². The van der Waals surface area contributed by atoms with Crippen molar-refractivity contribution >= 4 is 36.5 Å². The molecule has 13 heteroatoms. The average Bonchev–Trinajstić information content (AvgIpc) is 2.98. The quantitative estimate of drug-likeness (QED) is 0.552. The minimum absolute atomic E-state index is 0.00390. The molecule has 3 rings (SSSR count). The van der Waals surface area contributed by atoms with Crippen LogP contribution in [-0.4, -0.2) is 93.6 Å². The van der Waals surface area contributed by atoms with Crippen LogP contribution in [0.5, 0.6) is 0 Å². The number of piperazine rings is 1. The Kier molecular flexibility index (Phi) is 7.57. The summed E-state index contributed by atoms with van der Waals surface area (Å²) in [6, 6.07) is -2.09. The molecular weight excluding hydrogens is 469 g/mol. The number of ether oxygens (including phenoxy) is 1. The van der Waals surface area contributed by atoms with Crippen molar-refractivity contribution in [2.24, 2.45) is 0 Å². The highest BCUT2D eigenvalue weighted by atomic mass is 16.7. The molecule has 36 heavy (non-hydrogen) atoms. The molecule has 0 bridgehead atoms. The first-order valence-corrected chi connectivity index (χ1v) is 12.0. The molecule has 0 aliphatic carbocycles. The van der Waals surface area contributed by atoms with E-state index in [1.54, 1.807) is 38.1 Å². The summed E-state index contributed by atoms with van der Waals surface area (Å²) in [5.41, 5.74) is -1.06. The van der Waals surface area contributed by atoms with E-state index < -0.39 is 54.0 Å². The summed E-state index contributed by atoms with van der Waals surface area (Å²) in [7, 11) is -0.607. The van der Waals surface area contributed by atoms with Crippen LogP contribution in [-0.2, 0) is 23.6 Å². The molecule has 2 aliphatic rings. The molecule has 0 aromatic carbocycles. The summed E-state index contributed by atoms with van der Waals surface area (Å²) < 4.78 is 17.2. The van der Waals surface area contributed by atoms with Crippen molar-refractivity contribution in [1.82, 2.24) is 20.2 Å². The van der Waals surface area contributed by atoms with Gasteiger partial charge in [0.2, 0.25) is 11.9 Å². The lowest BCUT2D eigenvalue weighted by Crippen LogP contribution is -2.62. The largest absolute Gasteiger partial charge is 0.498 e. The number of carboxylic acid groups (broad SMARTS) is 1. The first-order valence-electron chi connectivity index (χ1n) is 12.0. The fourth-order valence-electron chi connectivity index (χ4n) is 3.83. The number of rotatable bonds is 5. The highest BCUT2D eigenvalue weighted by Crippen LogP contribution is 2.36. The normalized spacial score (nSPS) is 22.2. The number of amides is 2. The number of alkyl carbamates (subject to hydrolysis) is 1. The van der Waals surface area contributed by atoms with Gasteiger partial charge >= 0.3 is 19.2 Å². The number of carbonyl (C=O) groups excluding carboxylic acids is 2. The first-order chi connectivity index (χ1) is 16.5. The molecule has 1 aromatic heterocycles. The second-order valence-corrected chi connectivity index (χ2v) is 11.1. The Bertz CT molecular complexity index is 980. The van der Waals surface area contributed by atoms with E-state index in [0.29, 0.717) is 18.0 Å². The summed E-state index contributed by atoms with van der Waals surface area (Å²) in [4.78, 5) is 48.8. The zero-order valence-electron chi connectivity index (χ0n) is 22.2. The highest BCUT2D eigenvalue weighted by molar-refractivity contribution is 6.61. The fourth-order valence-corrected chi connectivity index (χ4v) is 3.83. The van der Waals surface area contributed by atoms with E-state index in [-0.39, 0.29) is 13.1 Å². The van der Waals surface area contributed by atoms with E-state index >= 15 is 0 Å². The van der Waals surface area contributed by atoms with Crippen LogP contribution in [0.3, 0.4) is 0 Å². The molecule has 0 spiro atoms. The van der Waals surface area contributed by atoms with Crippen LogP contribution in [0.4, 0.5) is 10.7 Å². The first kappa shape index (κ1) is 27.7. The van der Waals surface area contributed by atoms with Gasteiger partial charge in [-0.15, -0.1) is 0 Å². The van der Waals surface area contributed by atoms with Gasteiger partial charge in [-0.25, -0.2) is 19.6 Å². The Balaban J connectivity index is 1.66. The summed E-state index contributed by atoms with van der Waals surface area (Å²) in [6.07, 6.45) is 2.46. The number of carboxylic acids is 1. The molecule has 0 unspecified atom stereocenters. The van der Waals surface area contributed by atoms with Crippen LogP contribution < -0.4 is 15.7 Å². The number of aliphatic carboxylic acids is 1. The van der Waals surface area contributed by atoms with E-state index in [9.17, 15) is 19.5 Å². The van der Waals surface area contributed by atoms with Crippen LogP contribution in [0.25, 0.3) is 0 Å². The molecule has 2 amide bonds. The molecule has 1 aromatic rings. The molecule has 2 fully saturated rings. The summed E-state index contributed by atoms with van der Waals surface area (Å²) in [5.74, 6) is -1.33. The van der Waals surface area contributed by atoms with Crippen LogP contribution in [0.1, 0.15) is 55.4 Å². The molecule has 3 heterocycles. The van der Waals surface area contributed by atoms with Gasteiger partial charge < -0.3 is 34.3 Å². The number of aromatic nitrogens is 2. The zero-order chi connectivity index (χ0) is 27.1. The highest BCUT2D eigenvalue weighted by Gasteiger charge is 2.52. The van der Waals surface area contributed by atoms with Gasteiger partial charge in [0.05, 0.1) is 17.7 Å². The topological polar surface area (TPSA) is 143 Å². The summed E-state index contributed by atoms with van der Waals surface area (Å²) in [5, 5.41) is 12.3. The van der Waals surface area contributed by atoms with Crippen molar-refractivity contribution < 1.29 is 33.5 Å². The van der Waals surface area contributed by atoms with Crippen LogP contribution >= 0.6 is 0 Å². The number of carbonyl (C=O) groups is 3. The monoisotopic (exact) mass is 505 g/mol. The third kappa shape index (κ3) is 6.07. The Hall–Kier alpha value is -2.93. The molecule has 12 nitrogen and oxygen atoms in total. The zero-order valence-corrected chi connectivity index (χ0v) is 22.2. The number of hydrogen-bond acceptors (Lipinski definition) is 9. The van der Waals surface area contributed by atoms with Crippen LogP contribution in [0, 0.1) is 0 Å². The smallest absolute Gasteiger partial charge is 0.480 e. The van der Waals surface area contributed by atoms with Crippen LogP contribution in [0.2, 0.25) is 0 Å². The van der Waals surface area contributed by atoms with Gasteiger partial charge in [0.15, 0.2) is 0 Å². The predicted octanol–water partition coefficient (Wildman–Crippen LogP) is 0.791. The summed E-state index contributed by atoms with van der Waals surface area (Å²) >= 11 is 0. The van der Waals surface area contributed by atoms with E-state index in [0.717, 1.165) is 0 Å². The van der Waals surface area contributed by atoms with Crippen molar-refractivity contribution in [1.29, 1.82) is 0 Å². The van der Waals surface area contributed by atoms with Gasteiger partial charge in [0.1, 0.15) is 17.7 Å². The maximum atomic E-state index is 13.0. The van der Waals surface area contributed by atoms with Gasteiger partial charge in [0.25, 0.3) is 0 Å². The lowest BCUT2D eigenvalue weighted by atomic mass is 9.81. The van der Waals surface area contributed by atoms with E-state index in [1.165, 1.54) is 11.8 Å². The molecule has 0 radical (unpaired) electrons. The Labute approximate surface area is 211 Å². The maximum absolute atomic E-state index is 13.0. The Morgan fingerprint density at radius 1 is 1.14 bits per heavy atom. The van der Waals surface area contributed by atoms with Gasteiger partial charge in [-0.2, -0.15) is 0 Å². The number of nitrogens with zero attached hydrogens (tertiary/aromatic N) is 4. The van der Waals surface area contributed by atoms with Gasteiger partial charge in [-0.1, -0.05) is 0 Å². The fraction of sp³-hybridized carbons (Fsp3) is 0.696. The molecule has 2 atom stereocenters. The second kappa shape index (κ2) is 9.85. The van der Waals surface area contributed by atoms with Crippen molar-refractivity contribution in [2.75, 3.05) is 24.5 Å². The van der Waals surface area contributed by atoms with Gasteiger partial charge in [0, 0.05) is 30.9 Å². The lowest BCUT2D eigenvalue weighted by Gasteiger charge is -2.40. The van der Waals surface area contributed by atoms with E-state index in [1.807, 2.05) is 27.7 Å². The van der Waals surface area contributed by atoms with Crippen molar-refractivity contribution in [3.05, 3.63) is 12.4 Å². The number of anilines is 1. The standard InChI is InChI=1S/C23H36BN5O7/c1-14(27-20(33)34-21(2,3)4)17(30)29-10-9-28(13-16(29)18(31)32)19-25-11-15(12-26-19)24-35-22(5,6)23(7,8)36-24/h11-12,14,16H,9-10,13H2,1-8H3,(H,27,33)(H,31,32)/t14-,16+/m0/s1. The Morgan fingerprint density at radius 3 is 2.19 bits per heavy atom. The van der Waals surface area contributed by atoms with E-state index in [2.05, 4.69) is 15.3 Å². The minimum atomic E-state index is -1.16. The molecule has 2 N–H and O–H groups in total. The molecule has 198 valence electrons.